The molecule has 0 aliphatic carbocycles. The van der Waals surface area contributed by atoms with Gasteiger partial charge in [-0.25, -0.2) is 9.67 Å². The summed E-state index contributed by atoms with van der Waals surface area (Å²) in [4.78, 5) is 3.89. The van der Waals surface area contributed by atoms with Crippen LogP contribution in [0.15, 0.2) is 24.8 Å². The van der Waals surface area contributed by atoms with Crippen LogP contribution < -0.4 is 4.74 Å². The maximum Gasteiger partial charge on any atom is 0.219 e. The van der Waals surface area contributed by atoms with Gasteiger partial charge in [-0.3, -0.25) is 0 Å². The van der Waals surface area contributed by atoms with Gasteiger partial charge in [0.15, 0.2) is 0 Å². The topological polar surface area (TPSA) is 60.2 Å². The third-order valence-electron chi connectivity index (χ3n) is 3.07. The Labute approximate surface area is 143 Å². The van der Waals surface area contributed by atoms with Crippen LogP contribution in [0.25, 0.3) is 0 Å². The van der Waals surface area contributed by atoms with Crippen LogP contribution in [0.5, 0.6) is 5.75 Å². The molecule has 8 heteroatoms. The summed E-state index contributed by atoms with van der Waals surface area (Å²) < 4.78 is 7.28. The van der Waals surface area contributed by atoms with Crippen LogP contribution in [0.2, 0.25) is 15.1 Å². The van der Waals surface area contributed by atoms with E-state index in [1.165, 1.54) is 29.5 Å². The summed E-state index contributed by atoms with van der Waals surface area (Å²) in [6.07, 6.45) is 1.21. The minimum absolute atomic E-state index is 0.254. The number of halogens is 3. The van der Waals surface area contributed by atoms with Gasteiger partial charge in [0.2, 0.25) is 6.23 Å². The Balaban J connectivity index is 2.35. The van der Waals surface area contributed by atoms with Crippen LogP contribution in [0.4, 0.5) is 0 Å². The molecule has 1 heterocycles. The maximum absolute atomic E-state index is 10.6. The van der Waals surface area contributed by atoms with Crippen LogP contribution in [0, 0.1) is 5.41 Å². The zero-order valence-corrected chi connectivity index (χ0v) is 14.6. The lowest BCUT2D eigenvalue weighted by Gasteiger charge is -2.32. The van der Waals surface area contributed by atoms with Gasteiger partial charge < -0.3 is 9.84 Å². The highest BCUT2D eigenvalue weighted by Gasteiger charge is 2.34. The van der Waals surface area contributed by atoms with Crippen molar-refractivity contribution in [3.63, 3.8) is 0 Å². The van der Waals surface area contributed by atoms with E-state index in [0.717, 1.165) is 0 Å². The van der Waals surface area contributed by atoms with Crippen LogP contribution in [-0.4, -0.2) is 26.0 Å². The first-order valence-corrected chi connectivity index (χ1v) is 7.67. The van der Waals surface area contributed by atoms with E-state index < -0.39 is 17.7 Å². The Morgan fingerprint density at radius 1 is 1.18 bits per heavy atom. The Morgan fingerprint density at radius 3 is 2.23 bits per heavy atom. The molecule has 1 aromatic heterocycles. The summed E-state index contributed by atoms with van der Waals surface area (Å²) in [5.41, 5.74) is -0.434. The summed E-state index contributed by atoms with van der Waals surface area (Å²) in [7, 11) is 0. The summed E-state index contributed by atoms with van der Waals surface area (Å²) in [5.74, 6) is 0.378. The summed E-state index contributed by atoms with van der Waals surface area (Å²) in [5, 5.41) is 15.4. The van der Waals surface area contributed by atoms with Gasteiger partial charge in [0.25, 0.3) is 0 Å². The van der Waals surface area contributed by atoms with Gasteiger partial charge in [0.05, 0.1) is 15.1 Å². The molecule has 0 saturated carbocycles. The molecule has 0 fully saturated rings. The number of ether oxygens (including phenoxy) is 1. The van der Waals surface area contributed by atoms with Crippen LogP contribution in [0.3, 0.4) is 0 Å². The minimum Gasteiger partial charge on any atom is -0.466 e. The highest BCUT2D eigenvalue weighted by molar-refractivity contribution is 6.48. The molecular weight excluding hydrogens is 349 g/mol. The van der Waals surface area contributed by atoms with Crippen LogP contribution in [0.1, 0.15) is 27.0 Å². The van der Waals surface area contributed by atoms with E-state index in [9.17, 15) is 5.11 Å². The third kappa shape index (κ3) is 3.84. The fraction of sp³-hybridized carbons (Fsp3) is 0.429. The number of benzene rings is 1. The second-order valence-electron chi connectivity index (χ2n) is 5.90. The number of hydrogen-bond acceptors (Lipinski definition) is 4. The van der Waals surface area contributed by atoms with Crippen molar-refractivity contribution in [3.05, 3.63) is 39.9 Å². The number of aliphatic hydroxyl groups excluding tert-OH is 1. The Morgan fingerprint density at radius 2 is 1.77 bits per heavy atom. The zero-order valence-electron chi connectivity index (χ0n) is 12.3. The molecule has 1 N–H and O–H groups in total. The molecule has 2 rings (SSSR count). The van der Waals surface area contributed by atoms with Crippen molar-refractivity contribution in [1.29, 1.82) is 0 Å². The number of nitrogens with zero attached hydrogens (tertiary/aromatic N) is 3. The number of aliphatic hydroxyl groups is 1. The standard InChI is InChI=1S/C14H16Cl3N3O2/c1-14(2,3)12(21)13(20-7-18-6-19-20)22-8-4-9(15)11(17)10(16)5-8/h4-7,12-13,21H,1-3H3. The molecule has 1 aromatic carbocycles. The molecule has 22 heavy (non-hydrogen) atoms. The Kier molecular flexibility index (Phi) is 5.22. The third-order valence-corrected chi connectivity index (χ3v) is 4.27. The lowest BCUT2D eigenvalue weighted by Crippen LogP contribution is -2.38. The van der Waals surface area contributed by atoms with Crippen molar-refractivity contribution in [2.24, 2.45) is 5.41 Å². The fourth-order valence-corrected chi connectivity index (χ4v) is 2.36. The molecule has 0 aliphatic heterocycles. The normalized spacial score (nSPS) is 14.7. The maximum atomic E-state index is 10.6. The molecule has 5 nitrogen and oxygen atoms in total. The first-order valence-electron chi connectivity index (χ1n) is 6.53. The quantitative estimate of drug-likeness (QED) is 0.825. The van der Waals surface area contributed by atoms with E-state index in [1.54, 1.807) is 0 Å². The number of hydrogen-bond donors (Lipinski definition) is 1. The predicted octanol–water partition coefficient (Wildman–Crippen LogP) is 4.22. The molecule has 0 bridgehead atoms. The van der Waals surface area contributed by atoms with E-state index in [0.29, 0.717) is 5.75 Å². The molecule has 0 aliphatic rings. The van der Waals surface area contributed by atoms with E-state index in [2.05, 4.69) is 10.1 Å². The van der Waals surface area contributed by atoms with Crippen molar-refractivity contribution >= 4 is 34.8 Å². The molecule has 0 radical (unpaired) electrons. The SMILES string of the molecule is CC(C)(C)C(O)C(Oc1cc(Cl)c(Cl)c(Cl)c1)n1cncn1. The minimum atomic E-state index is -0.845. The van der Waals surface area contributed by atoms with Crippen molar-refractivity contribution in [2.45, 2.75) is 33.1 Å². The monoisotopic (exact) mass is 363 g/mol. The molecule has 0 spiro atoms. The van der Waals surface area contributed by atoms with E-state index in [1.807, 2.05) is 20.8 Å². The van der Waals surface area contributed by atoms with Gasteiger partial charge in [0.1, 0.15) is 24.5 Å². The molecule has 0 saturated heterocycles. The molecule has 120 valence electrons. The lowest BCUT2D eigenvalue weighted by molar-refractivity contribution is -0.0731. The number of aromatic nitrogens is 3. The second kappa shape index (κ2) is 6.62. The second-order valence-corrected chi connectivity index (χ2v) is 7.09. The summed E-state index contributed by atoms with van der Waals surface area (Å²) in [6, 6.07) is 3.07. The smallest absolute Gasteiger partial charge is 0.219 e. The first kappa shape index (κ1) is 17.3. The van der Waals surface area contributed by atoms with Gasteiger partial charge in [-0.1, -0.05) is 55.6 Å². The van der Waals surface area contributed by atoms with Crippen LogP contribution >= 0.6 is 34.8 Å². The molecule has 0 amide bonds. The Bertz CT molecular complexity index is 618. The summed E-state index contributed by atoms with van der Waals surface area (Å²) >= 11 is 17.9. The number of rotatable bonds is 4. The molecule has 2 atom stereocenters. The fourth-order valence-electron chi connectivity index (χ4n) is 1.78. The Hall–Kier alpha value is -1.01. The van der Waals surface area contributed by atoms with E-state index >= 15 is 0 Å². The van der Waals surface area contributed by atoms with Crippen molar-refractivity contribution in [3.8, 4) is 5.75 Å². The zero-order chi connectivity index (χ0) is 16.5. The predicted molar refractivity (Wildman–Crippen MR) is 86.6 cm³/mol. The van der Waals surface area contributed by atoms with Crippen molar-refractivity contribution in [1.82, 2.24) is 14.8 Å². The van der Waals surface area contributed by atoms with Gasteiger partial charge in [-0.05, 0) is 5.41 Å². The summed E-state index contributed by atoms with van der Waals surface area (Å²) in [6.45, 7) is 5.69. The highest BCUT2D eigenvalue weighted by Crippen LogP contribution is 2.36. The molecule has 2 unspecified atom stereocenters. The lowest BCUT2D eigenvalue weighted by atomic mass is 9.88. The van der Waals surface area contributed by atoms with Crippen LogP contribution in [-0.2, 0) is 0 Å². The average molecular weight is 365 g/mol. The van der Waals surface area contributed by atoms with Crippen molar-refractivity contribution < 1.29 is 9.84 Å². The average Bonchev–Trinajstić information content (AvgIpc) is 2.94. The highest BCUT2D eigenvalue weighted by atomic mass is 35.5. The van der Waals surface area contributed by atoms with Crippen molar-refractivity contribution in [2.75, 3.05) is 0 Å². The van der Waals surface area contributed by atoms with E-state index in [-0.39, 0.29) is 15.1 Å². The van der Waals surface area contributed by atoms with E-state index in [4.69, 9.17) is 39.5 Å². The first-order chi connectivity index (χ1) is 10.2. The van der Waals surface area contributed by atoms with Gasteiger partial charge in [-0.2, -0.15) is 5.10 Å². The van der Waals surface area contributed by atoms with Gasteiger partial charge in [-0.15, -0.1) is 0 Å². The molecule has 2 aromatic rings. The molecular formula is C14H16Cl3N3O2. The largest absolute Gasteiger partial charge is 0.466 e. The van der Waals surface area contributed by atoms with Gasteiger partial charge in [0, 0.05) is 12.1 Å². The van der Waals surface area contributed by atoms with Gasteiger partial charge >= 0.3 is 0 Å².